The minimum atomic E-state index is -1.36. The quantitative estimate of drug-likeness (QED) is 0.0946. The van der Waals surface area contributed by atoms with Crippen LogP contribution in [0.2, 0.25) is 0 Å². The molecule has 0 fully saturated rings. The topological polar surface area (TPSA) is 191 Å². The van der Waals surface area contributed by atoms with Gasteiger partial charge >= 0.3 is 5.97 Å². The second-order valence-electron chi connectivity index (χ2n) is 14.3. The van der Waals surface area contributed by atoms with Gasteiger partial charge in [-0.1, -0.05) is 74.1 Å². The first kappa shape index (κ1) is 42.9. The summed E-state index contributed by atoms with van der Waals surface area (Å²) in [5.74, 6) is 5.73. The first-order valence-electron chi connectivity index (χ1n) is 18.6. The van der Waals surface area contributed by atoms with E-state index in [0.29, 0.717) is 38.5 Å². The highest BCUT2D eigenvalue weighted by molar-refractivity contribution is 5.66. The average molecular weight is 722 g/mol. The summed E-state index contributed by atoms with van der Waals surface area (Å²) < 4.78 is 0. The summed E-state index contributed by atoms with van der Waals surface area (Å²) in [7, 11) is 0. The van der Waals surface area contributed by atoms with Crippen LogP contribution in [0.4, 0.5) is 0 Å². The van der Waals surface area contributed by atoms with Crippen LogP contribution >= 0.6 is 0 Å². The van der Waals surface area contributed by atoms with E-state index in [2.05, 4.69) is 17.2 Å². The number of hydrogen-bond acceptors (Lipinski definition) is 9. The molecule has 3 rings (SSSR count). The molecular formula is C42H59NO9. The highest BCUT2D eigenvalue weighted by Gasteiger charge is 2.35. The number of unbranched alkanes of at least 4 members (excludes halogenated alkanes) is 1. The summed E-state index contributed by atoms with van der Waals surface area (Å²) in [5.41, 5.74) is 2.85. The molecule has 1 heterocycles. The molecular weight excluding hydrogens is 662 g/mol. The van der Waals surface area contributed by atoms with Crippen LogP contribution in [-0.2, 0) is 17.6 Å². The summed E-state index contributed by atoms with van der Waals surface area (Å²) in [6.07, 6.45) is 4.25. The van der Waals surface area contributed by atoms with E-state index in [0.717, 1.165) is 40.7 Å². The Hall–Kier alpha value is -3.53. The lowest BCUT2D eigenvalue weighted by molar-refractivity contribution is -0.137. The number of rotatable bonds is 19. The van der Waals surface area contributed by atoms with Gasteiger partial charge in [0, 0.05) is 36.9 Å². The molecule has 1 aliphatic heterocycles. The fraction of sp³-hybridized carbons (Fsp3) is 0.548. The molecule has 0 bridgehead atoms. The van der Waals surface area contributed by atoms with Crippen LogP contribution in [0.1, 0.15) is 101 Å². The second kappa shape index (κ2) is 21.9. The molecule has 1 aliphatic rings. The van der Waals surface area contributed by atoms with Gasteiger partial charge in [-0.15, -0.1) is 0 Å². The minimum absolute atomic E-state index is 0.0735. The average Bonchev–Trinajstić information content (AvgIpc) is 3.11. The number of aromatic hydroxyl groups is 1. The number of aryl methyl sites for hydroxylation is 1. The Balaban J connectivity index is 2.16. The molecule has 10 heteroatoms. The zero-order valence-electron chi connectivity index (χ0n) is 30.6. The van der Waals surface area contributed by atoms with E-state index in [4.69, 9.17) is 5.11 Å². The predicted octanol–water partition coefficient (Wildman–Crippen LogP) is 4.30. The number of carboxylic acid groups (broad SMARTS) is 1. The summed E-state index contributed by atoms with van der Waals surface area (Å²) in [5, 5.41) is 87.9. The summed E-state index contributed by atoms with van der Waals surface area (Å²) in [6, 6.07) is 13.4. The van der Waals surface area contributed by atoms with Gasteiger partial charge in [0.2, 0.25) is 0 Å². The summed E-state index contributed by atoms with van der Waals surface area (Å²) in [4.78, 5) is 11.1. The lowest BCUT2D eigenvalue weighted by Gasteiger charge is -2.38. The standard InChI is InChI=1S/C42H59NO9/c1-3-4-14-38(48)39(49)24-20-32-19-18-31-10-6-5-9-30(31)11-7-15-40(42(2,52)27-29-16-21-34(46)22-17-29)43-37(36(32)26-35(47)28-44)13-8-12-33(45)23-25-41(50)51/h5-6,9-10,16-17,20-22,24,33,35,37-40,43-49,52H,3-4,8,12-15,18-19,23,25-28H2,1-2H3,(H,50,51)/b24-20+,36-32+/t33-,35-,37-,38-,39+,40+,42-/m0/s1. The molecule has 0 aliphatic carbocycles. The number of phenols is 1. The first-order valence-corrected chi connectivity index (χ1v) is 18.6. The maximum Gasteiger partial charge on any atom is 0.303 e. The Kier molecular flexibility index (Phi) is 18.0. The molecule has 286 valence electrons. The molecule has 0 aromatic heterocycles. The number of benzene rings is 2. The van der Waals surface area contributed by atoms with Crippen molar-refractivity contribution in [2.24, 2.45) is 0 Å². The van der Waals surface area contributed by atoms with Crippen molar-refractivity contribution in [2.75, 3.05) is 6.61 Å². The monoisotopic (exact) mass is 721 g/mol. The van der Waals surface area contributed by atoms with Gasteiger partial charge in [0.05, 0.1) is 36.6 Å². The number of hydrogen-bond donors (Lipinski definition) is 9. The van der Waals surface area contributed by atoms with Gasteiger partial charge in [0.1, 0.15) is 5.75 Å². The molecule has 0 radical (unpaired) electrons. The van der Waals surface area contributed by atoms with Crippen molar-refractivity contribution >= 4 is 5.97 Å². The first-order chi connectivity index (χ1) is 24.8. The number of aliphatic hydroxyl groups excluding tert-OH is 5. The Bertz CT molecular complexity index is 1510. The van der Waals surface area contributed by atoms with Crippen molar-refractivity contribution in [1.82, 2.24) is 5.32 Å². The summed E-state index contributed by atoms with van der Waals surface area (Å²) in [6.45, 7) is 3.25. The minimum Gasteiger partial charge on any atom is -0.508 e. The van der Waals surface area contributed by atoms with E-state index in [1.807, 2.05) is 31.2 Å². The van der Waals surface area contributed by atoms with Crippen molar-refractivity contribution in [2.45, 2.75) is 139 Å². The maximum absolute atomic E-state index is 12.1. The van der Waals surface area contributed by atoms with Crippen LogP contribution in [0.5, 0.6) is 5.75 Å². The zero-order valence-corrected chi connectivity index (χ0v) is 30.6. The maximum atomic E-state index is 12.1. The zero-order chi connectivity index (χ0) is 38.1. The van der Waals surface area contributed by atoms with Gasteiger partial charge in [0.25, 0.3) is 0 Å². The normalized spacial score (nSPS) is 21.8. The highest BCUT2D eigenvalue weighted by Crippen LogP contribution is 2.30. The number of aliphatic hydroxyl groups is 6. The number of nitrogens with one attached hydrogen (secondary N) is 1. The number of carbonyl (C=O) groups is 1. The lowest BCUT2D eigenvalue weighted by atomic mass is 9.83. The number of fused-ring (bicyclic) bond motifs is 1. The van der Waals surface area contributed by atoms with Crippen LogP contribution in [-0.4, -0.2) is 95.5 Å². The van der Waals surface area contributed by atoms with Crippen molar-refractivity contribution in [3.63, 3.8) is 0 Å². The third-order valence-corrected chi connectivity index (χ3v) is 9.82. The number of carboxylic acids is 1. The molecule has 0 unspecified atom stereocenters. The largest absolute Gasteiger partial charge is 0.508 e. The number of allylic oxidation sites excluding steroid dienone is 2. The molecule has 10 nitrogen and oxygen atoms in total. The van der Waals surface area contributed by atoms with E-state index in [1.54, 1.807) is 43.3 Å². The lowest BCUT2D eigenvalue weighted by Crippen LogP contribution is -2.54. The smallest absolute Gasteiger partial charge is 0.303 e. The van der Waals surface area contributed by atoms with Crippen molar-refractivity contribution in [3.8, 4) is 17.6 Å². The van der Waals surface area contributed by atoms with Crippen molar-refractivity contribution in [1.29, 1.82) is 0 Å². The molecule has 52 heavy (non-hydrogen) atoms. The van der Waals surface area contributed by atoms with Gasteiger partial charge in [-0.25, -0.2) is 0 Å². The van der Waals surface area contributed by atoms with Crippen LogP contribution in [0.25, 0.3) is 0 Å². The van der Waals surface area contributed by atoms with Crippen LogP contribution in [0.3, 0.4) is 0 Å². The van der Waals surface area contributed by atoms with E-state index in [-0.39, 0.29) is 37.9 Å². The number of phenolic OH excluding ortho intramolecular Hbond substituents is 1. The third-order valence-electron chi connectivity index (χ3n) is 9.82. The van der Waals surface area contributed by atoms with Gasteiger partial charge in [-0.05, 0) is 98.8 Å². The van der Waals surface area contributed by atoms with Crippen molar-refractivity contribution < 1.29 is 45.6 Å². The Labute approximate surface area is 308 Å². The van der Waals surface area contributed by atoms with E-state index in [1.165, 1.54) is 0 Å². The van der Waals surface area contributed by atoms with Crippen LogP contribution < -0.4 is 5.32 Å². The molecule has 2 aromatic rings. The highest BCUT2D eigenvalue weighted by atomic mass is 16.4. The Morgan fingerprint density at radius 2 is 1.73 bits per heavy atom. The molecule has 9 N–H and O–H groups in total. The molecule has 0 saturated heterocycles. The van der Waals surface area contributed by atoms with E-state index < -0.39 is 54.7 Å². The van der Waals surface area contributed by atoms with Crippen LogP contribution in [0, 0.1) is 11.8 Å². The van der Waals surface area contributed by atoms with Gasteiger partial charge in [-0.3, -0.25) is 4.79 Å². The molecule has 7 atom stereocenters. The van der Waals surface area contributed by atoms with E-state index >= 15 is 0 Å². The summed E-state index contributed by atoms with van der Waals surface area (Å²) >= 11 is 0. The molecule has 0 amide bonds. The molecule has 0 spiro atoms. The van der Waals surface area contributed by atoms with Gasteiger partial charge in [-0.2, -0.15) is 0 Å². The fourth-order valence-corrected chi connectivity index (χ4v) is 6.67. The molecule has 0 saturated carbocycles. The van der Waals surface area contributed by atoms with Crippen molar-refractivity contribution in [3.05, 3.63) is 88.5 Å². The Morgan fingerprint density at radius 3 is 2.42 bits per heavy atom. The Morgan fingerprint density at radius 1 is 1.00 bits per heavy atom. The third kappa shape index (κ3) is 14.5. The second-order valence-corrected chi connectivity index (χ2v) is 14.3. The fourth-order valence-electron chi connectivity index (χ4n) is 6.67. The van der Waals surface area contributed by atoms with Crippen LogP contribution in [0.15, 0.2) is 71.8 Å². The van der Waals surface area contributed by atoms with Gasteiger partial charge < -0.3 is 46.2 Å². The predicted molar refractivity (Wildman–Crippen MR) is 202 cm³/mol. The van der Waals surface area contributed by atoms with Gasteiger partial charge in [0.15, 0.2) is 0 Å². The van der Waals surface area contributed by atoms with E-state index in [9.17, 15) is 40.5 Å². The number of aliphatic carboxylic acids is 1. The molecule has 2 aromatic carbocycles. The SMILES string of the molecule is CCCC[C@H](O)[C@H](O)/C=C/C1=C(\C[C@H](O)CO)[C@H](CCC[C@H](O)CCC(=O)O)N[C@@H]([C@@](C)(O)Cc2ccc(O)cc2)CC#Cc2ccccc2CC1.